The van der Waals surface area contributed by atoms with Crippen molar-refractivity contribution in [3.8, 4) is 0 Å². The lowest BCUT2D eigenvalue weighted by Crippen LogP contribution is -2.45. The molecule has 0 amide bonds. The normalized spacial score (nSPS) is 17.1. The third-order valence-corrected chi connectivity index (χ3v) is 9.34. The van der Waals surface area contributed by atoms with Crippen LogP contribution in [0.4, 0.5) is 0 Å². The SMILES string of the molecule is CC(CCC(C)(C)c1cc(C(CC(C)(C)C)C(C)(C)C)cc(C(C)(C)C)c1)OC(=O)C(C)(CC(C)(C)C)C(C)(C)C. The highest BCUT2D eigenvalue weighted by Crippen LogP contribution is 2.48. The van der Waals surface area contributed by atoms with E-state index in [4.69, 9.17) is 4.74 Å². The summed E-state index contributed by atoms with van der Waals surface area (Å²) in [5, 5.41) is 0. The van der Waals surface area contributed by atoms with Crippen LogP contribution < -0.4 is 0 Å². The van der Waals surface area contributed by atoms with Gasteiger partial charge < -0.3 is 4.74 Å². The Hall–Kier alpha value is -1.31. The average Bonchev–Trinajstić information content (AvgIpc) is 2.71. The summed E-state index contributed by atoms with van der Waals surface area (Å²) in [4.78, 5) is 13.7. The topological polar surface area (TPSA) is 26.3 Å². The zero-order valence-corrected chi connectivity index (χ0v) is 31.0. The summed E-state index contributed by atoms with van der Waals surface area (Å²) in [6, 6.07) is 7.42. The van der Waals surface area contributed by atoms with Crippen LogP contribution in [-0.2, 0) is 20.4 Å². The van der Waals surface area contributed by atoms with Crippen LogP contribution in [0.5, 0.6) is 0 Å². The summed E-state index contributed by atoms with van der Waals surface area (Å²) in [6.45, 7) is 43.2. The molecular weight excluding hydrogens is 500 g/mol. The molecule has 0 aromatic heterocycles. The van der Waals surface area contributed by atoms with Crippen LogP contribution in [0, 0.1) is 27.1 Å². The first kappa shape index (κ1) is 37.7. The molecule has 0 saturated carbocycles. The Bertz CT molecular complexity index is 1010. The lowest BCUT2D eigenvalue weighted by molar-refractivity contribution is -0.170. The van der Waals surface area contributed by atoms with E-state index in [0.717, 1.165) is 25.7 Å². The van der Waals surface area contributed by atoms with Crippen LogP contribution >= 0.6 is 0 Å². The Labute approximate surface area is 257 Å². The van der Waals surface area contributed by atoms with Crippen molar-refractivity contribution >= 4 is 5.97 Å². The number of esters is 1. The molecular formula is C39H70O2. The van der Waals surface area contributed by atoms with Crippen molar-refractivity contribution in [3.63, 3.8) is 0 Å². The molecule has 0 fully saturated rings. The van der Waals surface area contributed by atoms with Gasteiger partial charge in [0.2, 0.25) is 0 Å². The van der Waals surface area contributed by atoms with Gasteiger partial charge in [0.1, 0.15) is 0 Å². The molecule has 0 aliphatic carbocycles. The van der Waals surface area contributed by atoms with E-state index in [1.165, 1.54) is 16.7 Å². The Morgan fingerprint density at radius 1 is 0.707 bits per heavy atom. The molecule has 1 aromatic rings. The highest BCUT2D eigenvalue weighted by molar-refractivity contribution is 5.77. The summed E-state index contributed by atoms with van der Waals surface area (Å²) < 4.78 is 6.22. The lowest BCUT2D eigenvalue weighted by atomic mass is 9.61. The monoisotopic (exact) mass is 571 g/mol. The van der Waals surface area contributed by atoms with Crippen molar-refractivity contribution in [2.45, 2.75) is 180 Å². The number of hydrogen-bond acceptors (Lipinski definition) is 2. The number of carbonyl (C=O) groups excluding carboxylic acids is 1. The van der Waals surface area contributed by atoms with E-state index in [1.807, 2.05) is 0 Å². The summed E-state index contributed by atoms with van der Waals surface area (Å²) >= 11 is 0. The summed E-state index contributed by atoms with van der Waals surface area (Å²) in [6.07, 6.45) is 3.62. The van der Waals surface area contributed by atoms with Gasteiger partial charge in [0.05, 0.1) is 11.5 Å². The smallest absolute Gasteiger partial charge is 0.312 e. The van der Waals surface area contributed by atoms with Gasteiger partial charge >= 0.3 is 5.97 Å². The van der Waals surface area contributed by atoms with Gasteiger partial charge in [-0.05, 0) is 94.6 Å². The van der Waals surface area contributed by atoms with Crippen LogP contribution in [0.2, 0.25) is 0 Å². The van der Waals surface area contributed by atoms with Gasteiger partial charge in [-0.1, -0.05) is 136 Å². The predicted molar refractivity (Wildman–Crippen MR) is 181 cm³/mol. The molecule has 2 heteroatoms. The van der Waals surface area contributed by atoms with E-state index < -0.39 is 5.41 Å². The second kappa shape index (κ2) is 12.4. The van der Waals surface area contributed by atoms with E-state index >= 15 is 0 Å². The van der Waals surface area contributed by atoms with Gasteiger partial charge in [-0.3, -0.25) is 4.79 Å². The molecule has 1 aromatic carbocycles. The third-order valence-electron chi connectivity index (χ3n) is 9.34. The molecule has 0 aliphatic rings. The minimum Gasteiger partial charge on any atom is -0.462 e. The number of carbonyl (C=O) groups is 1. The predicted octanol–water partition coefficient (Wildman–Crippen LogP) is 12.0. The molecule has 1 rings (SSSR count). The van der Waals surface area contributed by atoms with Crippen LogP contribution in [0.25, 0.3) is 0 Å². The van der Waals surface area contributed by atoms with Gasteiger partial charge in [-0.15, -0.1) is 0 Å². The van der Waals surface area contributed by atoms with Gasteiger partial charge in [0.15, 0.2) is 0 Å². The molecule has 0 spiro atoms. The number of benzene rings is 1. The van der Waals surface area contributed by atoms with E-state index in [1.54, 1.807) is 0 Å². The van der Waals surface area contributed by atoms with E-state index in [2.05, 4.69) is 150 Å². The van der Waals surface area contributed by atoms with Crippen LogP contribution in [0.3, 0.4) is 0 Å². The molecule has 0 heterocycles. The highest BCUT2D eigenvalue weighted by atomic mass is 16.5. The molecule has 0 aliphatic heterocycles. The maximum atomic E-state index is 13.7. The number of rotatable bonds is 9. The van der Waals surface area contributed by atoms with Gasteiger partial charge in [0, 0.05) is 0 Å². The Kier molecular flexibility index (Phi) is 11.4. The second-order valence-electron chi connectivity index (χ2n) is 19.7. The van der Waals surface area contributed by atoms with Crippen LogP contribution in [0.15, 0.2) is 18.2 Å². The third kappa shape index (κ3) is 11.0. The molecule has 0 saturated heterocycles. The Balaban J connectivity index is 3.35. The largest absolute Gasteiger partial charge is 0.462 e. The second-order valence-corrected chi connectivity index (χ2v) is 19.7. The van der Waals surface area contributed by atoms with Crippen molar-refractivity contribution in [1.82, 2.24) is 0 Å². The quantitative estimate of drug-likeness (QED) is 0.276. The van der Waals surface area contributed by atoms with E-state index in [9.17, 15) is 4.79 Å². The van der Waals surface area contributed by atoms with E-state index in [-0.39, 0.29) is 44.6 Å². The zero-order valence-electron chi connectivity index (χ0n) is 31.0. The van der Waals surface area contributed by atoms with Crippen molar-refractivity contribution in [2.24, 2.45) is 27.1 Å². The highest BCUT2D eigenvalue weighted by Gasteiger charge is 2.48. The zero-order chi connectivity index (χ0) is 32.6. The van der Waals surface area contributed by atoms with Gasteiger partial charge in [0.25, 0.3) is 0 Å². The minimum absolute atomic E-state index is 0.0416. The standard InChI is InChI=1S/C39H70O2/c1-27(41-32(40)39(19,37(14,15)16)26-34(5,6)7)20-21-38(17,18)30-23-28(22-29(24-30)35(8,9)10)31(36(11,12)13)25-33(2,3)4/h22-24,27,31H,20-21,25-26H2,1-19H3. The Morgan fingerprint density at radius 2 is 1.20 bits per heavy atom. The van der Waals surface area contributed by atoms with Gasteiger partial charge in [-0.2, -0.15) is 0 Å². The van der Waals surface area contributed by atoms with Gasteiger partial charge in [-0.25, -0.2) is 0 Å². The van der Waals surface area contributed by atoms with Crippen molar-refractivity contribution in [3.05, 3.63) is 34.9 Å². The minimum atomic E-state index is -0.542. The van der Waals surface area contributed by atoms with Crippen LogP contribution in [0.1, 0.15) is 180 Å². The van der Waals surface area contributed by atoms with Crippen LogP contribution in [-0.4, -0.2) is 12.1 Å². The molecule has 0 bridgehead atoms. The summed E-state index contributed by atoms with van der Waals surface area (Å²) in [5.41, 5.74) is 4.03. The number of ether oxygens (including phenoxy) is 1. The van der Waals surface area contributed by atoms with Crippen molar-refractivity contribution < 1.29 is 9.53 Å². The summed E-state index contributed by atoms with van der Waals surface area (Å²) in [5.74, 6) is 0.412. The average molecular weight is 571 g/mol. The maximum absolute atomic E-state index is 13.7. The molecule has 41 heavy (non-hydrogen) atoms. The van der Waals surface area contributed by atoms with E-state index in [0.29, 0.717) is 5.92 Å². The molecule has 0 N–H and O–H groups in total. The Morgan fingerprint density at radius 3 is 1.59 bits per heavy atom. The molecule has 238 valence electrons. The first-order valence-corrected chi connectivity index (χ1v) is 16.3. The first-order valence-electron chi connectivity index (χ1n) is 16.3. The molecule has 3 atom stereocenters. The van der Waals surface area contributed by atoms with Crippen molar-refractivity contribution in [2.75, 3.05) is 0 Å². The summed E-state index contributed by atoms with van der Waals surface area (Å²) in [7, 11) is 0. The lowest BCUT2D eigenvalue weighted by Gasteiger charge is -2.44. The number of hydrogen-bond donors (Lipinski definition) is 0. The molecule has 3 unspecified atom stereocenters. The molecule has 2 nitrogen and oxygen atoms in total. The molecule has 0 radical (unpaired) electrons. The van der Waals surface area contributed by atoms with Crippen molar-refractivity contribution in [1.29, 1.82) is 0 Å². The fourth-order valence-corrected chi connectivity index (χ4v) is 6.00. The fraction of sp³-hybridized carbons (Fsp3) is 0.821. The first-order chi connectivity index (χ1) is 17.9. The fourth-order valence-electron chi connectivity index (χ4n) is 6.00. The maximum Gasteiger partial charge on any atom is 0.312 e.